The number of alkyl halides is 1. The Morgan fingerprint density at radius 1 is 1.44 bits per heavy atom. The second-order valence-electron chi connectivity index (χ2n) is 6.76. The van der Waals surface area contributed by atoms with Crippen molar-refractivity contribution in [3.8, 4) is 0 Å². The Morgan fingerprint density at radius 2 is 2.18 bits per heavy atom. The first-order valence-corrected chi connectivity index (χ1v) is 12.0. The number of thiazole rings is 1. The van der Waals surface area contributed by atoms with E-state index in [4.69, 9.17) is 26.0 Å². The van der Waals surface area contributed by atoms with Crippen LogP contribution in [-0.2, 0) is 38.4 Å². The van der Waals surface area contributed by atoms with Gasteiger partial charge in [0, 0.05) is 11.8 Å². The lowest BCUT2D eigenvalue weighted by molar-refractivity contribution is -0.256. The molecule has 17 heteroatoms. The Kier molecular flexibility index (Phi) is 7.64. The van der Waals surface area contributed by atoms with Gasteiger partial charge in [-0.3, -0.25) is 24.0 Å². The number of hydrogen-bond acceptors (Lipinski definition) is 12. The molecule has 0 spiro atoms. The second-order valence-corrected chi connectivity index (χ2v) is 8.99. The lowest BCUT2D eigenvalue weighted by Gasteiger charge is -2.32. The number of aliphatic carboxylic acids is 1. The number of carboxylic acids is 1. The number of nitrogens with one attached hydrogen (secondary N) is 2. The lowest BCUT2D eigenvalue weighted by atomic mass is 10.1. The first kappa shape index (κ1) is 25.7. The van der Waals surface area contributed by atoms with E-state index in [1.807, 2.05) is 0 Å². The zero-order valence-electron chi connectivity index (χ0n) is 17.7. The van der Waals surface area contributed by atoms with E-state index in [9.17, 15) is 29.1 Å². The quantitative estimate of drug-likeness (QED) is 0.124. The Hall–Kier alpha value is -2.95. The number of ether oxygens (including phenoxy) is 1. The fourth-order valence-electron chi connectivity index (χ4n) is 3.07. The van der Waals surface area contributed by atoms with Gasteiger partial charge in [-0.25, -0.2) is 9.78 Å². The van der Waals surface area contributed by atoms with Crippen molar-refractivity contribution in [2.75, 3.05) is 31.2 Å². The number of nitrogens with zero attached hydrogens (tertiary/aromatic N) is 3. The minimum atomic E-state index is -2.34. The maximum Gasteiger partial charge on any atom is 0.372 e. The average molecular weight is 536 g/mol. The van der Waals surface area contributed by atoms with E-state index in [0.717, 1.165) is 23.1 Å². The molecule has 0 radical (unpaired) electrons. The maximum absolute atomic E-state index is 13.2. The van der Waals surface area contributed by atoms with Crippen LogP contribution in [0.25, 0.3) is 0 Å². The van der Waals surface area contributed by atoms with Crippen molar-refractivity contribution in [2.24, 2.45) is 5.16 Å². The van der Waals surface area contributed by atoms with Crippen LogP contribution in [0.4, 0.5) is 5.13 Å². The summed E-state index contributed by atoms with van der Waals surface area (Å²) in [5.41, 5.74) is -2.64. The molecular formula is C17H18ClN5O9S2. The summed E-state index contributed by atoms with van der Waals surface area (Å²) in [6.45, 7) is -0.459. The number of anilines is 1. The fourth-order valence-corrected chi connectivity index (χ4v) is 4.47. The van der Waals surface area contributed by atoms with E-state index in [1.54, 1.807) is 0 Å². The summed E-state index contributed by atoms with van der Waals surface area (Å²) < 4.78 is 4.93. The lowest BCUT2D eigenvalue weighted by Crippen LogP contribution is -2.60. The molecule has 2 atom stereocenters. The highest BCUT2D eigenvalue weighted by molar-refractivity contribution is 8.00. The topological polar surface area (TPSA) is 186 Å². The monoisotopic (exact) mass is 535 g/mol. The van der Waals surface area contributed by atoms with Gasteiger partial charge in [0.25, 0.3) is 11.8 Å². The molecule has 3 amide bonds. The van der Waals surface area contributed by atoms with Crippen molar-refractivity contribution >= 4 is 75.2 Å². The summed E-state index contributed by atoms with van der Waals surface area (Å²) >= 11 is 7.32. The smallest absolute Gasteiger partial charge is 0.372 e. The van der Waals surface area contributed by atoms with Crippen LogP contribution in [0.2, 0.25) is 0 Å². The minimum absolute atomic E-state index is 0.0282. The number of carbonyl (C=O) groups excluding carboxylic acids is 4. The molecule has 1 aromatic heterocycles. The molecule has 0 saturated carbocycles. The molecule has 2 aliphatic heterocycles. The molecule has 2 saturated heterocycles. The number of thioether (sulfide) groups is 1. The van der Waals surface area contributed by atoms with Gasteiger partial charge < -0.3 is 25.3 Å². The number of carboxylic acid groups (broad SMARTS) is 1. The molecule has 184 valence electrons. The van der Waals surface area contributed by atoms with Crippen molar-refractivity contribution in [1.82, 2.24) is 15.4 Å². The molecule has 1 aromatic rings. The third kappa shape index (κ3) is 4.66. The van der Waals surface area contributed by atoms with Gasteiger partial charge in [0.15, 0.2) is 15.7 Å². The highest BCUT2D eigenvalue weighted by Gasteiger charge is 2.63. The molecule has 1 unspecified atom stereocenters. The Labute approximate surface area is 204 Å². The summed E-state index contributed by atoms with van der Waals surface area (Å²) in [7, 11) is 1.19. The Bertz CT molecular complexity index is 1070. The van der Waals surface area contributed by atoms with Gasteiger partial charge >= 0.3 is 17.7 Å². The molecular weight excluding hydrogens is 518 g/mol. The zero-order chi connectivity index (χ0) is 25.1. The van der Waals surface area contributed by atoms with Crippen molar-refractivity contribution < 1.29 is 43.5 Å². The van der Waals surface area contributed by atoms with E-state index >= 15 is 0 Å². The zero-order valence-corrected chi connectivity index (χ0v) is 20.0. The number of oxime groups is 1. The number of carbonyl (C=O) groups is 5. The van der Waals surface area contributed by atoms with Crippen molar-refractivity contribution in [3.05, 3.63) is 11.1 Å². The van der Waals surface area contributed by atoms with E-state index in [0.29, 0.717) is 5.06 Å². The summed E-state index contributed by atoms with van der Waals surface area (Å²) in [5.74, 6) is -5.05. The Morgan fingerprint density at radius 3 is 2.74 bits per heavy atom. The number of aromatic nitrogens is 1. The van der Waals surface area contributed by atoms with Crippen LogP contribution in [-0.4, -0.2) is 87.0 Å². The van der Waals surface area contributed by atoms with Gasteiger partial charge in [-0.2, -0.15) is 5.06 Å². The summed E-state index contributed by atoms with van der Waals surface area (Å²) in [4.78, 5) is 73.6. The molecule has 0 aliphatic carbocycles. The Balaban J connectivity index is 1.84. The molecule has 3 N–H and O–H groups in total. The molecule has 0 aromatic carbocycles. The molecule has 3 rings (SSSR count). The first-order chi connectivity index (χ1) is 16.1. The van der Waals surface area contributed by atoms with Crippen LogP contribution in [0, 0.1) is 0 Å². The average Bonchev–Trinajstić information content (AvgIpc) is 3.51. The number of rotatable bonds is 9. The first-order valence-electron chi connectivity index (χ1n) is 9.35. The van der Waals surface area contributed by atoms with Crippen LogP contribution in [0.15, 0.2) is 10.5 Å². The molecule has 14 nitrogen and oxygen atoms in total. The number of esters is 1. The number of amides is 3. The summed E-state index contributed by atoms with van der Waals surface area (Å²) in [6.07, 6.45) is 0.946. The maximum atomic E-state index is 13.2. The standard InChI is InChI=1S/C17H18ClN5O9S2/c1-30-22-11(8-6-34-15(19-8)20-9(24)5-18)12(26)21-16(33-2)7-31-23(13(16)27)17(14(28)29)4-3-10(25)32-17/h6H,3-5,7H2,1-2H3,(H,21,26)(H,28,29)(H,19,20,24)/b22-11-/t16-,17?/m0/s1. The van der Waals surface area contributed by atoms with E-state index in [2.05, 4.69) is 20.8 Å². The predicted molar refractivity (Wildman–Crippen MR) is 118 cm³/mol. The van der Waals surface area contributed by atoms with Crippen LogP contribution >= 0.6 is 34.7 Å². The third-order valence-corrected chi connectivity index (χ3v) is 6.81. The van der Waals surface area contributed by atoms with Gasteiger partial charge in [-0.15, -0.1) is 34.7 Å². The van der Waals surface area contributed by atoms with E-state index < -0.39 is 46.9 Å². The normalized spacial score (nSPS) is 24.7. The van der Waals surface area contributed by atoms with Crippen molar-refractivity contribution in [3.63, 3.8) is 0 Å². The van der Waals surface area contributed by atoms with Gasteiger partial charge in [0.05, 0.1) is 6.42 Å². The van der Waals surface area contributed by atoms with Gasteiger partial charge in [0.1, 0.15) is 25.3 Å². The fraction of sp³-hybridized carbons (Fsp3) is 0.471. The van der Waals surface area contributed by atoms with Crippen molar-refractivity contribution in [1.29, 1.82) is 0 Å². The highest BCUT2D eigenvalue weighted by atomic mass is 35.5. The van der Waals surface area contributed by atoms with Crippen LogP contribution in [0.3, 0.4) is 0 Å². The number of cyclic esters (lactones) is 1. The van der Waals surface area contributed by atoms with Crippen molar-refractivity contribution in [2.45, 2.75) is 23.4 Å². The number of halogens is 1. The molecule has 3 heterocycles. The highest BCUT2D eigenvalue weighted by Crippen LogP contribution is 2.39. The minimum Gasteiger partial charge on any atom is -0.477 e. The number of hydrogen-bond donors (Lipinski definition) is 3. The second kappa shape index (κ2) is 10.1. The van der Waals surface area contributed by atoms with Crippen LogP contribution in [0.5, 0.6) is 0 Å². The number of hydroxylamine groups is 2. The molecule has 2 fully saturated rings. The van der Waals surface area contributed by atoms with Gasteiger partial charge in [-0.05, 0) is 6.26 Å². The SMILES string of the molecule is CO/N=C(\C(=O)N[C@]1(SC)CON(C2(C(=O)O)CCC(=O)O2)C1=O)c1csc(NC(=O)CCl)n1. The van der Waals surface area contributed by atoms with E-state index in [1.165, 1.54) is 18.7 Å². The van der Waals surface area contributed by atoms with Crippen LogP contribution < -0.4 is 10.6 Å². The van der Waals surface area contributed by atoms with Gasteiger partial charge in [0.2, 0.25) is 5.91 Å². The van der Waals surface area contributed by atoms with Crippen LogP contribution in [0.1, 0.15) is 18.5 Å². The summed E-state index contributed by atoms with van der Waals surface area (Å²) in [6, 6.07) is 0. The molecule has 2 aliphatic rings. The molecule has 34 heavy (non-hydrogen) atoms. The van der Waals surface area contributed by atoms with E-state index in [-0.39, 0.29) is 35.3 Å². The summed E-state index contributed by atoms with van der Waals surface area (Å²) in [5, 5.41) is 20.2. The third-order valence-electron chi connectivity index (χ3n) is 4.72. The predicted octanol–water partition coefficient (Wildman–Crippen LogP) is -0.262. The van der Waals surface area contributed by atoms with Gasteiger partial charge in [-0.1, -0.05) is 5.16 Å². The largest absolute Gasteiger partial charge is 0.477 e. The molecule has 0 bridgehead atoms.